The number of amides is 1. The number of rotatable bonds is 6. The van der Waals surface area contributed by atoms with Crippen molar-refractivity contribution in [2.24, 2.45) is 7.05 Å². The summed E-state index contributed by atoms with van der Waals surface area (Å²) in [5.74, 6) is -1.82. The van der Waals surface area contributed by atoms with Crippen molar-refractivity contribution in [1.29, 1.82) is 0 Å². The minimum Gasteiger partial charge on any atom is -0.475 e. The van der Waals surface area contributed by atoms with Crippen LogP contribution in [0.25, 0.3) is 11.0 Å². The molecule has 8 nitrogen and oxygen atoms in total. The van der Waals surface area contributed by atoms with Gasteiger partial charge in [-0.3, -0.25) is 4.79 Å². The number of fused-ring (bicyclic) bond motifs is 1. The van der Waals surface area contributed by atoms with Crippen molar-refractivity contribution in [3.63, 3.8) is 0 Å². The van der Waals surface area contributed by atoms with Gasteiger partial charge in [-0.25, -0.2) is 9.48 Å². The van der Waals surface area contributed by atoms with E-state index in [1.807, 2.05) is 31.2 Å². The molecule has 0 aromatic carbocycles. The molecule has 3 aromatic rings. The van der Waals surface area contributed by atoms with E-state index in [-0.39, 0.29) is 12.0 Å². The number of halogens is 3. The average Bonchev–Trinajstić information content (AvgIpc) is 3.29. The van der Waals surface area contributed by atoms with Gasteiger partial charge < -0.3 is 15.2 Å². The number of aliphatic carboxylic acids is 1. The monoisotopic (exact) mass is 472 g/mol. The smallest absolute Gasteiger partial charge is 0.475 e. The normalized spacial score (nSPS) is 11.2. The van der Waals surface area contributed by atoms with Crippen LogP contribution in [0.2, 0.25) is 0 Å². The number of carbonyl (C=O) groups is 2. The maximum Gasteiger partial charge on any atom is 0.490 e. The highest BCUT2D eigenvalue weighted by Gasteiger charge is 2.38. The Kier molecular flexibility index (Phi) is 8.19. The maximum atomic E-state index is 12.4. The van der Waals surface area contributed by atoms with E-state index < -0.39 is 12.1 Å². The number of anilines is 1. The van der Waals surface area contributed by atoms with Gasteiger partial charge in [-0.2, -0.15) is 23.3 Å². The molecule has 12 heteroatoms. The average molecular weight is 472 g/mol. The molecule has 0 unspecified atom stereocenters. The van der Waals surface area contributed by atoms with Crippen LogP contribution in [-0.4, -0.2) is 44.0 Å². The summed E-state index contributed by atoms with van der Waals surface area (Å²) in [7, 11) is 1.81. The van der Waals surface area contributed by atoms with Crippen LogP contribution in [0.15, 0.2) is 24.3 Å². The number of carboxylic acid groups (broad SMARTS) is 1. The first-order valence-corrected chi connectivity index (χ1v) is 10.5. The number of nitrogens with one attached hydrogen (secondary N) is 1. The van der Waals surface area contributed by atoms with Crippen molar-refractivity contribution in [3.05, 3.63) is 34.0 Å². The Morgan fingerprint density at radius 3 is 2.34 bits per heavy atom. The van der Waals surface area contributed by atoms with E-state index in [1.165, 1.54) is 11.3 Å². The van der Waals surface area contributed by atoms with Crippen LogP contribution in [0, 0.1) is 6.92 Å². The molecule has 2 N–H and O–H groups in total. The Labute approximate surface area is 186 Å². The molecule has 174 valence electrons. The Bertz CT molecular complexity index is 1090. The van der Waals surface area contributed by atoms with Gasteiger partial charge in [0.05, 0.1) is 16.4 Å². The summed E-state index contributed by atoms with van der Waals surface area (Å²) < 4.78 is 39.3. The summed E-state index contributed by atoms with van der Waals surface area (Å²) in [4.78, 5) is 27.6. The predicted octanol–water partition coefficient (Wildman–Crippen LogP) is 4.79. The highest BCUT2D eigenvalue weighted by molar-refractivity contribution is 7.14. The van der Waals surface area contributed by atoms with Gasteiger partial charge in [-0.1, -0.05) is 13.8 Å². The zero-order chi connectivity index (χ0) is 24.1. The molecule has 0 aliphatic rings. The first kappa shape index (κ1) is 25.1. The van der Waals surface area contributed by atoms with Gasteiger partial charge in [0.1, 0.15) is 0 Å². The lowest BCUT2D eigenvalue weighted by molar-refractivity contribution is -0.192. The van der Waals surface area contributed by atoms with Crippen LogP contribution >= 0.6 is 11.3 Å². The summed E-state index contributed by atoms with van der Waals surface area (Å²) >= 11 is 1.46. The molecule has 0 saturated heterocycles. The standard InChI is InChI=1S/C18H22N4O2S.C2HF3O2/c1-5-12(6-2)24-15-10-8-13-16(21-22(4)17(13)19-15)20-18(23)14-9-7-11(3)25-14;3-2(4,5)1(6)7/h7-10,12H,5-6H2,1-4H3,(H,20,21,23);(H,6,7). The van der Waals surface area contributed by atoms with Gasteiger partial charge in [0.2, 0.25) is 5.88 Å². The van der Waals surface area contributed by atoms with Gasteiger partial charge in [-0.15, -0.1) is 11.3 Å². The Morgan fingerprint density at radius 2 is 1.84 bits per heavy atom. The Hall–Kier alpha value is -3.15. The van der Waals surface area contributed by atoms with E-state index >= 15 is 0 Å². The van der Waals surface area contributed by atoms with Crippen LogP contribution in [-0.2, 0) is 11.8 Å². The molecular weight excluding hydrogens is 449 g/mol. The van der Waals surface area contributed by atoms with E-state index in [9.17, 15) is 18.0 Å². The molecule has 3 rings (SSSR count). The molecule has 0 bridgehead atoms. The molecule has 0 fully saturated rings. The number of ether oxygens (including phenoxy) is 1. The summed E-state index contributed by atoms with van der Waals surface area (Å²) in [6, 6.07) is 7.47. The van der Waals surface area contributed by atoms with Crippen LogP contribution in [0.3, 0.4) is 0 Å². The van der Waals surface area contributed by atoms with Crippen molar-refractivity contribution in [1.82, 2.24) is 14.8 Å². The van der Waals surface area contributed by atoms with Crippen LogP contribution in [0.1, 0.15) is 41.2 Å². The number of pyridine rings is 1. The lowest BCUT2D eigenvalue weighted by Crippen LogP contribution is -2.21. The molecule has 3 heterocycles. The molecule has 0 spiro atoms. The fraction of sp³-hybridized carbons (Fsp3) is 0.400. The van der Waals surface area contributed by atoms with E-state index in [2.05, 4.69) is 29.2 Å². The molecule has 32 heavy (non-hydrogen) atoms. The number of alkyl halides is 3. The molecule has 1 amide bonds. The number of hydrogen-bond donors (Lipinski definition) is 2. The SMILES string of the molecule is CCC(CC)Oc1ccc2c(NC(=O)c3ccc(C)s3)nn(C)c2n1.O=C(O)C(F)(F)F. The van der Waals surface area contributed by atoms with Gasteiger partial charge in [-0.05, 0) is 38.0 Å². The van der Waals surface area contributed by atoms with Crippen LogP contribution in [0.5, 0.6) is 5.88 Å². The molecule has 0 radical (unpaired) electrons. The van der Waals surface area contributed by atoms with E-state index in [1.54, 1.807) is 11.7 Å². The summed E-state index contributed by atoms with van der Waals surface area (Å²) in [5.41, 5.74) is 0.682. The Balaban J connectivity index is 0.000000451. The largest absolute Gasteiger partial charge is 0.490 e. The second-order valence-electron chi connectivity index (χ2n) is 6.72. The first-order chi connectivity index (χ1) is 15.0. The quantitative estimate of drug-likeness (QED) is 0.534. The summed E-state index contributed by atoms with van der Waals surface area (Å²) in [6.07, 6.45) is -3.06. The zero-order valence-electron chi connectivity index (χ0n) is 17.9. The predicted molar refractivity (Wildman–Crippen MR) is 114 cm³/mol. The topological polar surface area (TPSA) is 106 Å². The zero-order valence-corrected chi connectivity index (χ0v) is 18.7. The molecular formula is C20H23F3N4O4S. The Morgan fingerprint density at radius 1 is 1.22 bits per heavy atom. The third-order valence-corrected chi connectivity index (χ3v) is 5.30. The highest BCUT2D eigenvalue weighted by atomic mass is 32.1. The van der Waals surface area contributed by atoms with E-state index in [0.717, 1.165) is 23.1 Å². The molecule has 0 aliphatic carbocycles. The van der Waals surface area contributed by atoms with Crippen molar-refractivity contribution < 1.29 is 32.6 Å². The molecule has 3 aromatic heterocycles. The number of nitrogens with zero attached hydrogens (tertiary/aromatic N) is 3. The maximum absolute atomic E-state index is 12.4. The second-order valence-corrected chi connectivity index (χ2v) is 8.00. The molecule has 0 atom stereocenters. The minimum atomic E-state index is -5.08. The van der Waals surface area contributed by atoms with Gasteiger partial charge >= 0.3 is 12.1 Å². The number of aryl methyl sites for hydroxylation is 2. The van der Waals surface area contributed by atoms with Crippen molar-refractivity contribution in [3.8, 4) is 5.88 Å². The lowest BCUT2D eigenvalue weighted by atomic mass is 10.2. The molecule has 0 aliphatic heterocycles. The number of aromatic nitrogens is 3. The number of carboxylic acids is 1. The summed E-state index contributed by atoms with van der Waals surface area (Å²) in [6.45, 7) is 6.16. The van der Waals surface area contributed by atoms with Crippen LogP contribution < -0.4 is 10.1 Å². The van der Waals surface area contributed by atoms with Gasteiger partial charge in [0.25, 0.3) is 5.91 Å². The van der Waals surface area contributed by atoms with E-state index in [0.29, 0.717) is 22.2 Å². The van der Waals surface area contributed by atoms with Crippen molar-refractivity contribution >= 4 is 40.1 Å². The van der Waals surface area contributed by atoms with Gasteiger partial charge in [0, 0.05) is 18.0 Å². The molecule has 0 saturated carbocycles. The second kappa shape index (κ2) is 10.4. The first-order valence-electron chi connectivity index (χ1n) is 9.64. The fourth-order valence-electron chi connectivity index (χ4n) is 2.62. The third kappa shape index (κ3) is 6.42. The fourth-order valence-corrected chi connectivity index (χ4v) is 3.39. The van der Waals surface area contributed by atoms with Gasteiger partial charge in [0.15, 0.2) is 11.5 Å². The van der Waals surface area contributed by atoms with E-state index in [4.69, 9.17) is 14.6 Å². The van der Waals surface area contributed by atoms with Crippen molar-refractivity contribution in [2.75, 3.05) is 5.32 Å². The number of thiophene rings is 1. The highest BCUT2D eigenvalue weighted by Crippen LogP contribution is 2.25. The lowest BCUT2D eigenvalue weighted by Gasteiger charge is -2.14. The third-order valence-electron chi connectivity index (χ3n) is 4.30. The number of hydrogen-bond acceptors (Lipinski definition) is 6. The van der Waals surface area contributed by atoms with Crippen LogP contribution in [0.4, 0.5) is 19.0 Å². The van der Waals surface area contributed by atoms with Crippen molar-refractivity contribution in [2.45, 2.75) is 45.9 Å². The summed E-state index contributed by atoms with van der Waals surface area (Å²) in [5, 5.41) is 15.2. The minimum absolute atomic E-state index is 0.152. The number of carbonyl (C=O) groups excluding carboxylic acids is 1.